The molecule has 0 fully saturated rings. The minimum absolute atomic E-state index is 0.305. The van der Waals surface area contributed by atoms with Gasteiger partial charge in [0.05, 0.1) is 10.7 Å². The molecule has 1 unspecified atom stereocenters. The topological polar surface area (TPSA) is 69.7 Å². The number of nitrogens with two attached hydrogens (primary N) is 1. The fraction of sp³-hybridized carbons (Fsp3) is 0.231. The second-order valence-corrected chi connectivity index (χ2v) is 4.96. The third-order valence-electron chi connectivity index (χ3n) is 2.98. The minimum Gasteiger partial charge on any atom is -0.486 e. The molecule has 0 radical (unpaired) electrons. The van der Waals surface area contributed by atoms with E-state index in [4.69, 9.17) is 19.7 Å². The van der Waals surface area contributed by atoms with Gasteiger partial charge in [-0.2, -0.15) is 0 Å². The predicted molar refractivity (Wildman–Crippen MR) is 73.0 cm³/mol. The van der Waals surface area contributed by atoms with Crippen LogP contribution in [0.15, 0.2) is 39.4 Å². The van der Waals surface area contributed by atoms with Crippen LogP contribution < -0.4 is 20.7 Å². The Hall–Kier alpha value is -1.50. The predicted octanol–water partition coefficient (Wildman–Crippen LogP) is 2.37. The first kappa shape index (κ1) is 12.5. The molecule has 0 amide bonds. The Labute approximate surface area is 118 Å². The summed E-state index contributed by atoms with van der Waals surface area (Å²) >= 11 is 3.44. The first-order valence-electron chi connectivity index (χ1n) is 5.89. The Morgan fingerprint density at radius 2 is 2.05 bits per heavy atom. The van der Waals surface area contributed by atoms with Gasteiger partial charge in [0.15, 0.2) is 11.5 Å². The molecule has 19 heavy (non-hydrogen) atoms. The summed E-state index contributed by atoms with van der Waals surface area (Å²) in [6, 6.07) is 7.24. The van der Waals surface area contributed by atoms with E-state index in [1.807, 2.05) is 24.3 Å². The molecule has 1 aliphatic heterocycles. The van der Waals surface area contributed by atoms with E-state index in [2.05, 4.69) is 21.4 Å². The summed E-state index contributed by atoms with van der Waals surface area (Å²) < 4.78 is 17.6. The number of hydrogen-bond donors (Lipinski definition) is 2. The van der Waals surface area contributed by atoms with Gasteiger partial charge in [-0.15, -0.1) is 0 Å². The molecule has 1 atom stereocenters. The van der Waals surface area contributed by atoms with Crippen LogP contribution in [0.1, 0.15) is 17.4 Å². The molecule has 100 valence electrons. The Morgan fingerprint density at radius 3 is 2.79 bits per heavy atom. The summed E-state index contributed by atoms with van der Waals surface area (Å²) in [6.07, 6.45) is 1.61. The maximum absolute atomic E-state index is 5.70. The summed E-state index contributed by atoms with van der Waals surface area (Å²) in [6.45, 7) is 1.09. The van der Waals surface area contributed by atoms with Crippen LogP contribution >= 0.6 is 15.9 Å². The third kappa shape index (κ3) is 2.22. The summed E-state index contributed by atoms with van der Waals surface area (Å²) in [5.74, 6) is 7.81. The van der Waals surface area contributed by atoms with Crippen LogP contribution in [0.2, 0.25) is 0 Å². The lowest BCUT2D eigenvalue weighted by Crippen LogP contribution is -2.30. The number of para-hydroxylation sites is 1. The Bertz CT molecular complexity index is 585. The van der Waals surface area contributed by atoms with Crippen LogP contribution in [0.4, 0.5) is 0 Å². The van der Waals surface area contributed by atoms with Gasteiger partial charge in [-0.3, -0.25) is 5.84 Å². The summed E-state index contributed by atoms with van der Waals surface area (Å²) in [5.41, 5.74) is 3.64. The van der Waals surface area contributed by atoms with Gasteiger partial charge in [0.2, 0.25) is 0 Å². The maximum Gasteiger partial charge on any atom is 0.166 e. The van der Waals surface area contributed by atoms with Crippen LogP contribution in [-0.2, 0) is 0 Å². The molecule has 1 aromatic carbocycles. The minimum atomic E-state index is -0.305. The molecule has 3 rings (SSSR count). The van der Waals surface area contributed by atoms with Crippen molar-refractivity contribution < 1.29 is 13.9 Å². The Morgan fingerprint density at radius 1 is 1.21 bits per heavy atom. The molecule has 1 aliphatic rings. The van der Waals surface area contributed by atoms with Crippen LogP contribution in [0.25, 0.3) is 0 Å². The van der Waals surface area contributed by atoms with Crippen molar-refractivity contribution in [1.82, 2.24) is 5.43 Å². The van der Waals surface area contributed by atoms with Gasteiger partial charge in [0.25, 0.3) is 0 Å². The van der Waals surface area contributed by atoms with Gasteiger partial charge >= 0.3 is 0 Å². The lowest BCUT2D eigenvalue weighted by molar-refractivity contribution is 0.168. The highest BCUT2D eigenvalue weighted by Crippen LogP contribution is 2.40. The van der Waals surface area contributed by atoms with Gasteiger partial charge in [0.1, 0.15) is 25.0 Å². The summed E-state index contributed by atoms with van der Waals surface area (Å²) in [4.78, 5) is 0. The van der Waals surface area contributed by atoms with Crippen molar-refractivity contribution in [2.75, 3.05) is 13.2 Å². The van der Waals surface area contributed by atoms with E-state index in [0.29, 0.717) is 24.7 Å². The first-order valence-corrected chi connectivity index (χ1v) is 6.68. The van der Waals surface area contributed by atoms with E-state index in [1.54, 1.807) is 6.26 Å². The number of ether oxygens (including phenoxy) is 2. The van der Waals surface area contributed by atoms with Gasteiger partial charge in [-0.1, -0.05) is 12.1 Å². The van der Waals surface area contributed by atoms with E-state index in [9.17, 15) is 0 Å². The van der Waals surface area contributed by atoms with E-state index in [0.717, 1.165) is 15.8 Å². The van der Waals surface area contributed by atoms with Crippen LogP contribution in [0.5, 0.6) is 11.5 Å². The van der Waals surface area contributed by atoms with Crippen LogP contribution in [-0.4, -0.2) is 13.2 Å². The normalized spacial score (nSPS) is 15.3. The fourth-order valence-electron chi connectivity index (χ4n) is 2.14. The molecule has 0 bridgehead atoms. The largest absolute Gasteiger partial charge is 0.486 e. The number of hydrazine groups is 1. The van der Waals surface area contributed by atoms with Gasteiger partial charge in [-0.25, -0.2) is 5.43 Å². The number of benzene rings is 1. The number of furan rings is 1. The average Bonchev–Trinajstić information content (AvgIpc) is 2.86. The van der Waals surface area contributed by atoms with Gasteiger partial charge in [0, 0.05) is 5.56 Å². The highest BCUT2D eigenvalue weighted by molar-refractivity contribution is 9.10. The molecule has 6 heteroatoms. The lowest BCUT2D eigenvalue weighted by atomic mass is 10.0. The van der Waals surface area contributed by atoms with Crippen molar-refractivity contribution >= 4 is 15.9 Å². The zero-order valence-corrected chi connectivity index (χ0v) is 11.6. The molecule has 5 nitrogen and oxygen atoms in total. The third-order valence-corrected chi connectivity index (χ3v) is 3.64. The first-order chi connectivity index (χ1) is 9.31. The highest BCUT2D eigenvalue weighted by atomic mass is 79.9. The number of fused-ring (bicyclic) bond motifs is 1. The van der Waals surface area contributed by atoms with Crippen molar-refractivity contribution in [1.29, 1.82) is 0 Å². The smallest absolute Gasteiger partial charge is 0.166 e. The SMILES string of the molecule is NNC(c1cccc2c1OCCO2)c1occc1Br. The average molecular weight is 325 g/mol. The zero-order chi connectivity index (χ0) is 13.2. The van der Waals surface area contributed by atoms with Gasteiger partial charge in [-0.05, 0) is 28.1 Å². The molecule has 1 aromatic heterocycles. The van der Waals surface area contributed by atoms with E-state index >= 15 is 0 Å². The Kier molecular flexibility index (Phi) is 3.46. The number of nitrogens with one attached hydrogen (secondary N) is 1. The van der Waals surface area contributed by atoms with E-state index in [-0.39, 0.29) is 6.04 Å². The fourth-order valence-corrected chi connectivity index (χ4v) is 2.57. The molecular weight excluding hydrogens is 312 g/mol. The second-order valence-electron chi connectivity index (χ2n) is 4.10. The molecule has 0 spiro atoms. The molecular formula is C13H13BrN2O3. The molecule has 0 saturated heterocycles. The molecule has 0 saturated carbocycles. The molecule has 2 aromatic rings. The zero-order valence-electron chi connectivity index (χ0n) is 10.1. The number of halogens is 1. The standard InChI is InChI=1S/C13H13BrN2O3/c14-9-4-5-18-13(9)11(16-15)8-2-1-3-10-12(8)19-7-6-17-10/h1-5,11,16H,6-7,15H2. The van der Waals surface area contributed by atoms with Crippen molar-refractivity contribution in [2.24, 2.45) is 5.84 Å². The highest BCUT2D eigenvalue weighted by Gasteiger charge is 2.25. The summed E-state index contributed by atoms with van der Waals surface area (Å²) in [5, 5.41) is 0. The maximum atomic E-state index is 5.70. The van der Waals surface area contributed by atoms with Crippen LogP contribution in [0, 0.1) is 0 Å². The van der Waals surface area contributed by atoms with Crippen molar-refractivity contribution in [2.45, 2.75) is 6.04 Å². The monoisotopic (exact) mass is 324 g/mol. The van der Waals surface area contributed by atoms with E-state index < -0.39 is 0 Å². The van der Waals surface area contributed by atoms with Gasteiger partial charge < -0.3 is 13.9 Å². The summed E-state index contributed by atoms with van der Waals surface area (Å²) in [7, 11) is 0. The Balaban J connectivity index is 2.07. The second kappa shape index (κ2) is 5.24. The quantitative estimate of drug-likeness (QED) is 0.670. The number of rotatable bonds is 3. The van der Waals surface area contributed by atoms with E-state index in [1.165, 1.54) is 0 Å². The van der Waals surface area contributed by atoms with Crippen molar-refractivity contribution in [3.8, 4) is 11.5 Å². The van der Waals surface area contributed by atoms with Crippen LogP contribution in [0.3, 0.4) is 0 Å². The van der Waals surface area contributed by atoms with Crippen molar-refractivity contribution in [3.63, 3.8) is 0 Å². The molecule has 3 N–H and O–H groups in total. The lowest BCUT2D eigenvalue weighted by Gasteiger charge is -2.24. The van der Waals surface area contributed by atoms with Crippen molar-refractivity contribution in [3.05, 3.63) is 46.3 Å². The molecule has 0 aliphatic carbocycles. The number of hydrogen-bond acceptors (Lipinski definition) is 5. The molecule has 2 heterocycles.